The number of rotatable bonds is 4. The summed E-state index contributed by atoms with van der Waals surface area (Å²) in [5, 5.41) is 2.47. The van der Waals surface area contributed by atoms with Gasteiger partial charge in [-0.2, -0.15) is 13.2 Å². The van der Waals surface area contributed by atoms with Gasteiger partial charge < -0.3 is 19.9 Å². The number of hydrogen-bond acceptors (Lipinski definition) is 6. The van der Waals surface area contributed by atoms with Gasteiger partial charge in [-0.05, 0) is 49.2 Å². The van der Waals surface area contributed by atoms with Gasteiger partial charge in [0.15, 0.2) is 17.2 Å². The highest BCUT2D eigenvalue weighted by Crippen LogP contribution is 2.35. The van der Waals surface area contributed by atoms with E-state index in [4.69, 9.17) is 4.74 Å². The molecule has 0 aliphatic carbocycles. The molecule has 8 nitrogen and oxygen atoms in total. The van der Waals surface area contributed by atoms with E-state index in [0.29, 0.717) is 55.4 Å². The van der Waals surface area contributed by atoms with Crippen LogP contribution < -0.4 is 10.2 Å². The monoisotopic (exact) mass is 543 g/mol. The number of aryl methyl sites for hydroxylation is 1. The Balaban J connectivity index is 1.49. The number of fused-ring (bicyclic) bond motifs is 3. The average Bonchev–Trinajstić information content (AvgIpc) is 3.03. The zero-order chi connectivity index (χ0) is 27.9. The van der Waals surface area contributed by atoms with E-state index in [2.05, 4.69) is 20.2 Å². The number of pyridine rings is 2. The van der Waals surface area contributed by atoms with Crippen LogP contribution in [-0.2, 0) is 10.9 Å². The first kappa shape index (κ1) is 26.5. The first-order chi connectivity index (χ1) is 18.6. The van der Waals surface area contributed by atoms with Crippen LogP contribution in [0.15, 0.2) is 42.7 Å². The van der Waals surface area contributed by atoms with Crippen molar-refractivity contribution in [3.05, 3.63) is 71.1 Å². The molecule has 2 aromatic heterocycles. The van der Waals surface area contributed by atoms with Gasteiger partial charge >= 0.3 is 6.18 Å². The molecule has 0 radical (unpaired) electrons. The second kappa shape index (κ2) is 10.3. The first-order valence-electron chi connectivity index (χ1n) is 12.4. The van der Waals surface area contributed by atoms with Gasteiger partial charge in [0.1, 0.15) is 0 Å². The molecule has 1 N–H and O–H groups in total. The minimum absolute atomic E-state index is 0.0236. The van der Waals surface area contributed by atoms with E-state index in [1.165, 1.54) is 0 Å². The van der Waals surface area contributed by atoms with Crippen LogP contribution in [0.3, 0.4) is 0 Å². The Hall–Kier alpha value is -4.06. The van der Waals surface area contributed by atoms with Gasteiger partial charge in [0.25, 0.3) is 11.8 Å². The molecule has 39 heavy (non-hydrogen) atoms. The molecule has 204 valence electrons. The summed E-state index contributed by atoms with van der Waals surface area (Å²) in [6.07, 6.45) is -2.72. The fraction of sp³-hybridized carbons (Fsp3) is 0.333. The van der Waals surface area contributed by atoms with Crippen LogP contribution in [0.4, 0.5) is 28.9 Å². The van der Waals surface area contributed by atoms with Crippen molar-refractivity contribution >= 4 is 23.2 Å². The van der Waals surface area contributed by atoms with Crippen molar-refractivity contribution in [3.8, 4) is 11.1 Å². The Morgan fingerprint density at radius 3 is 2.74 bits per heavy atom. The van der Waals surface area contributed by atoms with Crippen molar-refractivity contribution < 1.29 is 31.9 Å². The van der Waals surface area contributed by atoms with E-state index in [1.54, 1.807) is 29.3 Å². The van der Waals surface area contributed by atoms with Crippen LogP contribution >= 0.6 is 0 Å². The standard InChI is InChI=1S/C27H25F4N5O3/c1-3-35-13-18-14-39-9-8-36(18)21-10-16(12-33-23(21)26(35)38)20-11-17(5-4-15(20)2)34-25(37)19-6-7-32-24(22(19)28)27(29,30)31/h4-7,10-12,18H,3,8-9,13-14H2,1-2H3,(H,34,37)/t18-/m0/s1. The summed E-state index contributed by atoms with van der Waals surface area (Å²) >= 11 is 0. The number of nitrogens with one attached hydrogen (secondary N) is 1. The quantitative estimate of drug-likeness (QED) is 0.487. The largest absolute Gasteiger partial charge is 0.436 e. The number of amides is 2. The number of likely N-dealkylation sites (N-methyl/N-ethyl adjacent to an activating group) is 1. The molecule has 5 rings (SSSR count). The van der Waals surface area contributed by atoms with Gasteiger partial charge in [-0.3, -0.25) is 9.59 Å². The lowest BCUT2D eigenvalue weighted by molar-refractivity contribution is -0.143. The molecule has 1 aromatic carbocycles. The topological polar surface area (TPSA) is 87.7 Å². The summed E-state index contributed by atoms with van der Waals surface area (Å²) in [6, 6.07) is 7.67. The molecule has 0 saturated carbocycles. The van der Waals surface area contributed by atoms with Crippen LogP contribution in [0.1, 0.15) is 39.0 Å². The van der Waals surface area contributed by atoms with Crippen LogP contribution in [0.25, 0.3) is 11.1 Å². The molecule has 2 aliphatic rings. The molecule has 2 amide bonds. The normalized spacial score (nSPS) is 17.4. The zero-order valence-electron chi connectivity index (χ0n) is 21.2. The van der Waals surface area contributed by atoms with Gasteiger partial charge in [-0.1, -0.05) is 6.07 Å². The molecular weight excluding hydrogens is 518 g/mol. The molecule has 4 heterocycles. The molecule has 1 saturated heterocycles. The number of alkyl halides is 3. The Morgan fingerprint density at radius 1 is 1.21 bits per heavy atom. The zero-order valence-corrected chi connectivity index (χ0v) is 21.2. The molecule has 1 atom stereocenters. The van der Waals surface area contributed by atoms with E-state index in [0.717, 1.165) is 17.8 Å². The summed E-state index contributed by atoms with van der Waals surface area (Å²) in [4.78, 5) is 37.3. The minimum Gasteiger partial charge on any atom is -0.377 e. The molecule has 2 aliphatic heterocycles. The van der Waals surface area contributed by atoms with Crippen molar-refractivity contribution in [1.29, 1.82) is 0 Å². The van der Waals surface area contributed by atoms with Crippen LogP contribution in [0, 0.1) is 12.7 Å². The molecule has 0 bridgehead atoms. The summed E-state index contributed by atoms with van der Waals surface area (Å²) in [5.41, 5.74) is 0.949. The highest BCUT2D eigenvalue weighted by atomic mass is 19.4. The summed E-state index contributed by atoms with van der Waals surface area (Å²) in [7, 11) is 0. The summed E-state index contributed by atoms with van der Waals surface area (Å²) in [6.45, 7) is 6.42. The third-order valence-corrected chi connectivity index (χ3v) is 6.92. The molecule has 1 fully saturated rings. The van der Waals surface area contributed by atoms with Gasteiger partial charge in [0.2, 0.25) is 0 Å². The predicted molar refractivity (Wildman–Crippen MR) is 135 cm³/mol. The second-order valence-corrected chi connectivity index (χ2v) is 9.36. The lowest BCUT2D eigenvalue weighted by Gasteiger charge is -2.37. The fourth-order valence-electron chi connectivity index (χ4n) is 4.89. The number of carbonyl (C=O) groups is 2. The van der Waals surface area contributed by atoms with Crippen LogP contribution in [0.2, 0.25) is 0 Å². The Morgan fingerprint density at radius 2 is 2.00 bits per heavy atom. The SMILES string of the molecule is CCN1C[C@H]2COCCN2c2cc(-c3cc(NC(=O)c4ccnc(C(F)(F)F)c4F)ccc3C)cnc2C1=O. The third-order valence-electron chi connectivity index (χ3n) is 6.92. The first-order valence-corrected chi connectivity index (χ1v) is 12.4. The predicted octanol–water partition coefficient (Wildman–Crippen LogP) is 4.54. The van der Waals surface area contributed by atoms with E-state index in [9.17, 15) is 27.2 Å². The van der Waals surface area contributed by atoms with E-state index < -0.39 is 29.2 Å². The second-order valence-electron chi connectivity index (χ2n) is 9.36. The van der Waals surface area contributed by atoms with Gasteiger partial charge in [0, 0.05) is 43.3 Å². The lowest BCUT2D eigenvalue weighted by Crippen LogP contribution is -2.50. The number of nitrogens with zero attached hydrogens (tertiary/aromatic N) is 4. The number of aromatic nitrogens is 2. The maximum Gasteiger partial charge on any atom is 0.436 e. The van der Waals surface area contributed by atoms with E-state index in [1.807, 2.05) is 19.9 Å². The fourth-order valence-corrected chi connectivity index (χ4v) is 4.89. The third kappa shape index (κ3) is 5.03. The number of benzene rings is 1. The Bertz CT molecular complexity index is 1450. The van der Waals surface area contributed by atoms with Gasteiger partial charge in [-0.25, -0.2) is 14.4 Å². The van der Waals surface area contributed by atoms with E-state index >= 15 is 0 Å². The molecule has 3 aromatic rings. The minimum atomic E-state index is -5.04. The summed E-state index contributed by atoms with van der Waals surface area (Å²) in [5.74, 6) is -2.95. The average molecular weight is 544 g/mol. The number of ether oxygens (including phenoxy) is 1. The van der Waals surface area contributed by atoms with E-state index in [-0.39, 0.29) is 17.6 Å². The van der Waals surface area contributed by atoms with Gasteiger partial charge in [0.05, 0.1) is 30.5 Å². The summed E-state index contributed by atoms with van der Waals surface area (Å²) < 4.78 is 59.2. The Labute approximate surface area is 221 Å². The number of hydrogen-bond donors (Lipinski definition) is 1. The van der Waals surface area contributed by atoms with Crippen LogP contribution in [0.5, 0.6) is 0 Å². The highest BCUT2D eigenvalue weighted by Gasteiger charge is 2.38. The molecular formula is C27H25F4N5O3. The molecule has 0 unspecified atom stereocenters. The van der Waals surface area contributed by atoms with Crippen LogP contribution in [-0.4, -0.2) is 65.6 Å². The van der Waals surface area contributed by atoms with Crippen molar-refractivity contribution in [1.82, 2.24) is 14.9 Å². The van der Waals surface area contributed by atoms with Crippen molar-refractivity contribution in [3.63, 3.8) is 0 Å². The maximum absolute atomic E-state index is 14.4. The number of carbonyl (C=O) groups excluding carboxylic acids is 2. The molecule has 0 spiro atoms. The smallest absolute Gasteiger partial charge is 0.377 e. The lowest BCUT2D eigenvalue weighted by atomic mass is 9.99. The van der Waals surface area contributed by atoms with Crippen molar-refractivity contribution in [2.24, 2.45) is 0 Å². The number of anilines is 2. The number of halogens is 4. The van der Waals surface area contributed by atoms with Crippen molar-refractivity contribution in [2.45, 2.75) is 26.1 Å². The highest BCUT2D eigenvalue weighted by molar-refractivity contribution is 6.05. The Kier molecular flexibility index (Phi) is 6.98. The number of morpholine rings is 1. The molecule has 12 heteroatoms. The maximum atomic E-state index is 14.4. The van der Waals surface area contributed by atoms with Gasteiger partial charge in [-0.15, -0.1) is 0 Å². The van der Waals surface area contributed by atoms with Crippen molar-refractivity contribution in [2.75, 3.05) is 43.1 Å².